The molecule has 2 rings (SSSR count). The number of halogens is 3. The Hall–Kier alpha value is -1.10. The van der Waals surface area contributed by atoms with E-state index in [1.54, 1.807) is 24.3 Å². The monoisotopic (exact) mass is 317 g/mol. The second-order valence-corrected chi connectivity index (χ2v) is 6.12. The molecule has 1 unspecified atom stereocenters. The number of nitrogen functional groups attached to an aromatic ring is 1. The van der Waals surface area contributed by atoms with Crippen molar-refractivity contribution >= 4 is 39.7 Å². The van der Waals surface area contributed by atoms with E-state index in [-0.39, 0.29) is 10.8 Å². The Bertz CT molecular complexity index is 649. The van der Waals surface area contributed by atoms with Gasteiger partial charge in [-0.05, 0) is 29.8 Å². The first-order valence-corrected chi connectivity index (χ1v) is 7.43. The van der Waals surface area contributed by atoms with Crippen molar-refractivity contribution in [2.24, 2.45) is 0 Å². The normalized spacial score (nSPS) is 12.4. The van der Waals surface area contributed by atoms with Crippen LogP contribution in [0.2, 0.25) is 10.0 Å². The summed E-state index contributed by atoms with van der Waals surface area (Å²) in [6.45, 7) is 0. The zero-order chi connectivity index (χ0) is 14.0. The summed E-state index contributed by atoms with van der Waals surface area (Å²) in [7, 11) is -1.44. The van der Waals surface area contributed by atoms with Crippen LogP contribution in [0.4, 0.5) is 10.1 Å². The number of rotatable bonds is 3. The van der Waals surface area contributed by atoms with Crippen molar-refractivity contribution in [2.75, 3.05) is 5.73 Å². The van der Waals surface area contributed by atoms with Crippen molar-refractivity contribution in [1.29, 1.82) is 0 Å². The lowest BCUT2D eigenvalue weighted by molar-refractivity contribution is 0.626. The van der Waals surface area contributed by atoms with Crippen LogP contribution in [0.25, 0.3) is 0 Å². The smallest absolute Gasteiger partial charge is 0.142 e. The summed E-state index contributed by atoms with van der Waals surface area (Å²) in [6, 6.07) is 9.15. The zero-order valence-electron chi connectivity index (χ0n) is 9.70. The van der Waals surface area contributed by atoms with Crippen LogP contribution in [0.3, 0.4) is 0 Å². The third-order valence-electron chi connectivity index (χ3n) is 2.54. The molecule has 6 heteroatoms. The van der Waals surface area contributed by atoms with E-state index in [9.17, 15) is 8.60 Å². The molecule has 0 aliphatic carbocycles. The molecule has 2 nitrogen and oxygen atoms in total. The third kappa shape index (κ3) is 3.26. The van der Waals surface area contributed by atoms with E-state index in [1.165, 1.54) is 12.1 Å². The average molecular weight is 318 g/mol. The minimum absolute atomic E-state index is 0.0172. The molecule has 2 N–H and O–H groups in total. The minimum Gasteiger partial charge on any atom is -0.398 e. The van der Waals surface area contributed by atoms with E-state index in [0.717, 1.165) is 0 Å². The molecule has 0 saturated carbocycles. The van der Waals surface area contributed by atoms with Crippen molar-refractivity contribution in [2.45, 2.75) is 10.6 Å². The van der Waals surface area contributed by atoms with Crippen LogP contribution < -0.4 is 5.73 Å². The standard InChI is InChI=1S/C13H10Cl2FNOS/c14-9-4-5-11(17)12(6-9)19(18)7-8-2-1-3-10(16)13(8)15/h1-6H,7,17H2. The van der Waals surface area contributed by atoms with Gasteiger partial charge in [-0.25, -0.2) is 4.39 Å². The summed E-state index contributed by atoms with van der Waals surface area (Å²) < 4.78 is 25.5. The Kier molecular flexibility index (Phi) is 4.45. The molecule has 100 valence electrons. The van der Waals surface area contributed by atoms with E-state index in [1.807, 2.05) is 0 Å². The molecule has 1 atom stereocenters. The molecule has 0 aliphatic heterocycles. The van der Waals surface area contributed by atoms with Gasteiger partial charge in [0.2, 0.25) is 0 Å². The highest BCUT2D eigenvalue weighted by atomic mass is 35.5. The van der Waals surface area contributed by atoms with E-state index in [0.29, 0.717) is 21.2 Å². The summed E-state index contributed by atoms with van der Waals surface area (Å²) in [4.78, 5) is 0.424. The predicted octanol–water partition coefficient (Wildman–Crippen LogP) is 4.02. The number of nitrogens with two attached hydrogens (primary N) is 1. The first kappa shape index (κ1) is 14.3. The summed E-state index contributed by atoms with van der Waals surface area (Å²) in [5.41, 5.74) is 6.61. The van der Waals surface area contributed by atoms with Gasteiger partial charge < -0.3 is 5.73 Å². The maximum Gasteiger partial charge on any atom is 0.142 e. The van der Waals surface area contributed by atoms with Crippen LogP contribution in [0.15, 0.2) is 41.3 Å². The molecular formula is C13H10Cl2FNOS. The third-order valence-corrected chi connectivity index (χ3v) is 4.61. The highest BCUT2D eigenvalue weighted by Gasteiger charge is 2.13. The lowest BCUT2D eigenvalue weighted by Crippen LogP contribution is -2.02. The maximum absolute atomic E-state index is 13.3. The molecular weight excluding hydrogens is 308 g/mol. The predicted molar refractivity (Wildman–Crippen MR) is 77.4 cm³/mol. The number of hydrogen-bond donors (Lipinski definition) is 1. The summed E-state index contributed by atoms with van der Waals surface area (Å²) >= 11 is 11.7. The van der Waals surface area contributed by atoms with Gasteiger partial charge in [0.15, 0.2) is 0 Å². The quantitative estimate of drug-likeness (QED) is 0.869. The Balaban J connectivity index is 2.31. The van der Waals surface area contributed by atoms with Gasteiger partial charge in [0.25, 0.3) is 0 Å². The fraction of sp³-hybridized carbons (Fsp3) is 0.0769. The summed E-state index contributed by atoms with van der Waals surface area (Å²) in [6.07, 6.45) is 0. The molecule has 0 heterocycles. The van der Waals surface area contributed by atoms with E-state index >= 15 is 0 Å². The van der Waals surface area contributed by atoms with Crippen molar-refractivity contribution in [3.05, 3.63) is 57.8 Å². The molecule has 0 amide bonds. The molecule has 0 bridgehead atoms. The average Bonchev–Trinajstić information content (AvgIpc) is 2.38. The SMILES string of the molecule is Nc1ccc(Cl)cc1S(=O)Cc1cccc(F)c1Cl. The van der Waals surface area contributed by atoms with Crippen molar-refractivity contribution in [1.82, 2.24) is 0 Å². The van der Waals surface area contributed by atoms with E-state index in [4.69, 9.17) is 28.9 Å². The molecule has 0 aliphatic rings. The molecule has 0 aromatic heterocycles. The van der Waals surface area contributed by atoms with Gasteiger partial charge in [-0.1, -0.05) is 35.3 Å². The summed E-state index contributed by atoms with van der Waals surface area (Å²) in [5.74, 6) is -0.448. The molecule has 2 aromatic carbocycles. The van der Waals surface area contributed by atoms with Crippen molar-refractivity contribution < 1.29 is 8.60 Å². The number of benzene rings is 2. The first-order valence-electron chi connectivity index (χ1n) is 5.35. The first-order chi connectivity index (χ1) is 8.99. The number of anilines is 1. The van der Waals surface area contributed by atoms with Gasteiger partial charge in [-0.2, -0.15) is 0 Å². The van der Waals surface area contributed by atoms with Gasteiger partial charge in [-0.3, -0.25) is 4.21 Å². The van der Waals surface area contributed by atoms with Crippen molar-refractivity contribution in [3.8, 4) is 0 Å². The van der Waals surface area contributed by atoms with E-state index in [2.05, 4.69) is 0 Å². The topological polar surface area (TPSA) is 43.1 Å². The van der Waals surface area contributed by atoms with Crippen LogP contribution in [-0.2, 0) is 16.6 Å². The van der Waals surface area contributed by atoms with Crippen LogP contribution in [0.1, 0.15) is 5.56 Å². The fourth-order valence-corrected chi connectivity index (χ4v) is 3.36. The van der Waals surface area contributed by atoms with Gasteiger partial charge >= 0.3 is 0 Å². The van der Waals surface area contributed by atoms with Crippen LogP contribution in [0, 0.1) is 5.82 Å². The molecule has 2 aromatic rings. The molecule has 0 spiro atoms. The molecule has 0 fully saturated rings. The fourth-order valence-electron chi connectivity index (χ4n) is 1.58. The highest BCUT2D eigenvalue weighted by molar-refractivity contribution is 7.84. The summed E-state index contributed by atoms with van der Waals surface area (Å²) in [5, 5.41) is 0.430. The Morgan fingerprint density at radius 1 is 1.21 bits per heavy atom. The van der Waals surface area contributed by atoms with E-state index < -0.39 is 16.6 Å². The Labute approximate surface area is 122 Å². The van der Waals surface area contributed by atoms with Crippen LogP contribution >= 0.6 is 23.2 Å². The van der Waals surface area contributed by atoms with Crippen LogP contribution in [-0.4, -0.2) is 4.21 Å². The van der Waals surface area contributed by atoms with Gasteiger partial charge in [-0.15, -0.1) is 0 Å². The van der Waals surface area contributed by atoms with Crippen molar-refractivity contribution in [3.63, 3.8) is 0 Å². The Morgan fingerprint density at radius 3 is 2.68 bits per heavy atom. The van der Waals surface area contributed by atoms with Gasteiger partial charge in [0.1, 0.15) is 5.82 Å². The van der Waals surface area contributed by atoms with Crippen LogP contribution in [0.5, 0.6) is 0 Å². The Morgan fingerprint density at radius 2 is 1.95 bits per heavy atom. The number of hydrogen-bond acceptors (Lipinski definition) is 2. The van der Waals surface area contributed by atoms with Gasteiger partial charge in [0.05, 0.1) is 26.5 Å². The highest BCUT2D eigenvalue weighted by Crippen LogP contribution is 2.26. The maximum atomic E-state index is 13.3. The largest absolute Gasteiger partial charge is 0.398 e. The molecule has 19 heavy (non-hydrogen) atoms. The minimum atomic E-state index is -1.44. The lowest BCUT2D eigenvalue weighted by atomic mass is 10.2. The second-order valence-electron chi connectivity index (χ2n) is 3.88. The molecule has 0 radical (unpaired) electrons. The zero-order valence-corrected chi connectivity index (χ0v) is 12.0. The molecule has 0 saturated heterocycles. The second kappa shape index (κ2) is 5.90. The van der Waals surface area contributed by atoms with Gasteiger partial charge in [0, 0.05) is 10.7 Å². The lowest BCUT2D eigenvalue weighted by Gasteiger charge is -2.08.